The summed E-state index contributed by atoms with van der Waals surface area (Å²) in [6.45, 7) is 10.2. The maximum Gasteiger partial charge on any atom is 0.159 e. The van der Waals surface area contributed by atoms with Gasteiger partial charge in [-0.05, 0) is 67.7 Å². The van der Waals surface area contributed by atoms with Gasteiger partial charge in [0, 0.05) is 43.7 Å². The van der Waals surface area contributed by atoms with E-state index in [1.54, 1.807) is 0 Å². The van der Waals surface area contributed by atoms with E-state index < -0.39 is 0 Å². The van der Waals surface area contributed by atoms with Crippen molar-refractivity contribution in [3.63, 3.8) is 0 Å². The number of nitrogens with zero attached hydrogens (tertiary/aromatic N) is 6. The summed E-state index contributed by atoms with van der Waals surface area (Å²) in [6, 6.07) is 7.88. The molecule has 0 amide bonds. The third-order valence-electron chi connectivity index (χ3n) is 9.18. The number of likely N-dealkylation sites (tertiary alicyclic amines) is 1. The number of hydrogen-bond donors (Lipinski definition) is 0. The second-order valence-electron chi connectivity index (χ2n) is 11.3. The molecule has 8 nitrogen and oxygen atoms in total. The van der Waals surface area contributed by atoms with Gasteiger partial charge >= 0.3 is 0 Å². The van der Waals surface area contributed by atoms with Crippen LogP contribution in [-0.4, -0.2) is 82.3 Å². The molecule has 1 aromatic carbocycles. The summed E-state index contributed by atoms with van der Waals surface area (Å²) in [5.41, 5.74) is 4.03. The number of hydrogen-bond acceptors (Lipinski definition) is 7. The van der Waals surface area contributed by atoms with Crippen molar-refractivity contribution in [1.82, 2.24) is 24.6 Å². The molecular weight excluding hydrogens is 440 g/mol. The Bertz CT molecular complexity index is 1300. The van der Waals surface area contributed by atoms with Crippen molar-refractivity contribution >= 4 is 16.7 Å². The van der Waals surface area contributed by atoms with Crippen LogP contribution in [0, 0.1) is 25.7 Å². The minimum Gasteiger partial charge on any atom is -0.380 e. The molecule has 1 saturated carbocycles. The molecule has 1 aliphatic carbocycles. The van der Waals surface area contributed by atoms with Crippen LogP contribution in [0.1, 0.15) is 35.7 Å². The molecule has 6 heterocycles. The first-order valence-corrected chi connectivity index (χ1v) is 13.2. The molecular formula is C27H32N6O2. The van der Waals surface area contributed by atoms with Gasteiger partial charge in [-0.25, -0.2) is 14.6 Å². The Kier molecular flexibility index (Phi) is 4.41. The fourth-order valence-corrected chi connectivity index (χ4v) is 7.35. The Labute approximate surface area is 205 Å². The molecule has 0 N–H and O–H groups in total. The zero-order valence-corrected chi connectivity index (χ0v) is 20.4. The number of aromatic nitrogens is 4. The predicted molar refractivity (Wildman–Crippen MR) is 132 cm³/mol. The molecule has 5 fully saturated rings. The second kappa shape index (κ2) is 7.48. The van der Waals surface area contributed by atoms with Gasteiger partial charge in [0.25, 0.3) is 0 Å². The smallest absolute Gasteiger partial charge is 0.159 e. The lowest BCUT2D eigenvalue weighted by Gasteiger charge is -2.28. The molecule has 182 valence electrons. The predicted octanol–water partition coefficient (Wildman–Crippen LogP) is 2.84. The van der Waals surface area contributed by atoms with Crippen LogP contribution in [0.25, 0.3) is 16.7 Å². The Morgan fingerprint density at radius 3 is 2.54 bits per heavy atom. The van der Waals surface area contributed by atoms with Crippen LogP contribution in [-0.2, 0) is 9.47 Å². The van der Waals surface area contributed by atoms with Crippen LogP contribution in [0.5, 0.6) is 0 Å². The molecule has 0 spiro atoms. The van der Waals surface area contributed by atoms with E-state index in [9.17, 15) is 0 Å². The molecule has 0 radical (unpaired) electrons. The zero-order chi connectivity index (χ0) is 23.3. The molecule has 2 aromatic heterocycles. The van der Waals surface area contributed by atoms with Gasteiger partial charge in [-0.2, -0.15) is 5.10 Å². The first-order valence-electron chi connectivity index (χ1n) is 13.2. The third-order valence-corrected chi connectivity index (χ3v) is 9.18. The number of ether oxygens (including phenoxy) is 2. The number of anilines is 1. The highest BCUT2D eigenvalue weighted by molar-refractivity contribution is 5.82. The first-order chi connectivity index (χ1) is 17.1. The molecule has 2 bridgehead atoms. The highest BCUT2D eigenvalue weighted by Crippen LogP contribution is 2.59. The van der Waals surface area contributed by atoms with E-state index in [1.165, 1.54) is 36.0 Å². The van der Waals surface area contributed by atoms with Crippen LogP contribution in [0.2, 0.25) is 0 Å². The summed E-state index contributed by atoms with van der Waals surface area (Å²) >= 11 is 0. The van der Waals surface area contributed by atoms with Gasteiger partial charge in [0.1, 0.15) is 11.6 Å². The minimum absolute atomic E-state index is 0.338. The average molecular weight is 473 g/mol. The first kappa shape index (κ1) is 20.6. The fourth-order valence-electron chi connectivity index (χ4n) is 7.35. The van der Waals surface area contributed by atoms with Crippen molar-refractivity contribution in [2.75, 3.05) is 44.4 Å². The van der Waals surface area contributed by atoms with Crippen molar-refractivity contribution in [3.05, 3.63) is 41.3 Å². The monoisotopic (exact) mass is 472 g/mol. The molecule has 8 rings (SSSR count). The van der Waals surface area contributed by atoms with Crippen LogP contribution < -0.4 is 4.90 Å². The third kappa shape index (κ3) is 3.19. The molecule has 5 atom stereocenters. The van der Waals surface area contributed by atoms with E-state index in [2.05, 4.69) is 34.9 Å². The van der Waals surface area contributed by atoms with Crippen LogP contribution in [0.15, 0.2) is 24.4 Å². The van der Waals surface area contributed by atoms with Gasteiger partial charge in [-0.1, -0.05) is 0 Å². The summed E-state index contributed by atoms with van der Waals surface area (Å²) < 4.78 is 13.5. The molecule has 8 heteroatoms. The van der Waals surface area contributed by atoms with E-state index in [0.717, 1.165) is 67.6 Å². The Hall–Kier alpha value is -2.55. The average Bonchev–Trinajstić information content (AvgIpc) is 3.55. The van der Waals surface area contributed by atoms with Gasteiger partial charge in [0.2, 0.25) is 0 Å². The Morgan fingerprint density at radius 2 is 1.80 bits per heavy atom. The highest BCUT2D eigenvalue weighted by atomic mass is 16.5. The van der Waals surface area contributed by atoms with Crippen molar-refractivity contribution in [1.29, 1.82) is 0 Å². The zero-order valence-electron chi connectivity index (χ0n) is 20.4. The number of benzene rings is 1. The molecule has 4 saturated heterocycles. The number of rotatable bonds is 4. The molecule has 5 aliphatic rings. The van der Waals surface area contributed by atoms with Crippen molar-refractivity contribution in [2.45, 2.75) is 50.8 Å². The van der Waals surface area contributed by atoms with E-state index in [4.69, 9.17) is 24.5 Å². The van der Waals surface area contributed by atoms with Crippen molar-refractivity contribution < 1.29 is 9.47 Å². The van der Waals surface area contributed by atoms with E-state index >= 15 is 0 Å². The van der Waals surface area contributed by atoms with Gasteiger partial charge in [-0.15, -0.1) is 0 Å². The van der Waals surface area contributed by atoms with Crippen molar-refractivity contribution in [3.8, 4) is 5.82 Å². The standard InChI is InChI=1S/C27H32N6O2/c1-15-5-17-9-28-33(26-8-25(29-16(2)30-26)32-10-20-6-19(32)14-35-20)24(17)7-21(15)27-22-11-31(12-23(22)27)18-3-4-34-13-18/h5,7-9,18-20,22-23,27H,3-4,6,10-14H2,1-2H3/t18?,19-,20-,22?,23?,27?/m1/s1. The molecule has 35 heavy (non-hydrogen) atoms. The topological polar surface area (TPSA) is 68.5 Å². The summed E-state index contributed by atoms with van der Waals surface area (Å²) in [5.74, 6) is 4.86. The fraction of sp³-hybridized carbons (Fsp3) is 0.593. The van der Waals surface area contributed by atoms with Gasteiger partial charge in [0.05, 0.1) is 37.1 Å². The van der Waals surface area contributed by atoms with Gasteiger partial charge < -0.3 is 14.4 Å². The lowest BCUT2D eigenvalue weighted by atomic mass is 9.99. The molecule has 3 aromatic rings. The number of piperidine rings is 1. The molecule has 4 aliphatic heterocycles. The van der Waals surface area contributed by atoms with Gasteiger partial charge in [-0.3, -0.25) is 4.90 Å². The normalized spacial score (nSPS) is 33.8. The summed E-state index contributed by atoms with van der Waals surface area (Å²) in [7, 11) is 0. The SMILES string of the molecule is Cc1nc(N2C[C@H]3C[C@@H]2CO3)cc(-n2ncc3cc(C)c(C4C5CN(C6CCOC6)CC54)cc32)n1. The minimum atomic E-state index is 0.338. The summed E-state index contributed by atoms with van der Waals surface area (Å²) in [6.07, 6.45) is 4.61. The maximum absolute atomic E-state index is 5.80. The van der Waals surface area contributed by atoms with E-state index in [0.29, 0.717) is 24.1 Å². The number of morpholine rings is 1. The molecule has 3 unspecified atom stereocenters. The van der Waals surface area contributed by atoms with E-state index in [1.807, 2.05) is 17.8 Å². The van der Waals surface area contributed by atoms with Gasteiger partial charge in [0.15, 0.2) is 5.82 Å². The summed E-state index contributed by atoms with van der Waals surface area (Å²) in [5, 5.41) is 5.96. The lowest BCUT2D eigenvalue weighted by molar-refractivity contribution is 0.0988. The quantitative estimate of drug-likeness (QED) is 0.578. The second-order valence-corrected chi connectivity index (χ2v) is 11.3. The maximum atomic E-state index is 5.80. The van der Waals surface area contributed by atoms with E-state index in [-0.39, 0.29) is 0 Å². The Morgan fingerprint density at radius 1 is 0.943 bits per heavy atom. The number of fused-ring (bicyclic) bond motifs is 4. The number of aryl methyl sites for hydroxylation is 2. The highest BCUT2D eigenvalue weighted by Gasteiger charge is 2.57. The summed E-state index contributed by atoms with van der Waals surface area (Å²) in [4.78, 5) is 14.6. The van der Waals surface area contributed by atoms with Crippen molar-refractivity contribution in [2.24, 2.45) is 11.8 Å². The van der Waals surface area contributed by atoms with Crippen LogP contribution >= 0.6 is 0 Å². The largest absolute Gasteiger partial charge is 0.380 e. The van der Waals surface area contributed by atoms with Crippen LogP contribution in [0.3, 0.4) is 0 Å². The lowest BCUT2D eigenvalue weighted by Crippen LogP contribution is -2.37. The Balaban J connectivity index is 1.11. The van der Waals surface area contributed by atoms with Crippen LogP contribution in [0.4, 0.5) is 5.82 Å².